The Balaban J connectivity index is 2.29. The highest BCUT2D eigenvalue weighted by Crippen LogP contribution is 2.38. The maximum absolute atomic E-state index is 12.7. The Kier molecular flexibility index (Phi) is 4.81. The molecule has 3 N–H and O–H groups in total. The number of nitrogens with two attached hydrogens (primary N) is 1. The normalized spacial score (nSPS) is 16.8. The lowest BCUT2D eigenvalue weighted by Gasteiger charge is -2.34. The smallest absolute Gasteiger partial charge is 0.232 e. The van der Waals surface area contributed by atoms with E-state index in [1.807, 2.05) is 0 Å². The zero-order chi connectivity index (χ0) is 15.3. The number of amides is 1. The molecule has 21 heavy (non-hydrogen) atoms. The Bertz CT molecular complexity index is 557. The van der Waals surface area contributed by atoms with Gasteiger partial charge in [0.15, 0.2) is 0 Å². The number of rotatable bonds is 4. The Hall–Kier alpha value is -2.06. The van der Waals surface area contributed by atoms with Crippen molar-refractivity contribution < 1.29 is 9.53 Å². The maximum Gasteiger partial charge on any atom is 0.232 e. The first-order chi connectivity index (χ1) is 10.2. The van der Waals surface area contributed by atoms with Crippen LogP contribution in [0.1, 0.15) is 37.7 Å². The molecule has 0 unspecified atom stereocenters. The summed E-state index contributed by atoms with van der Waals surface area (Å²) in [5.41, 5.74) is 6.18. The van der Waals surface area contributed by atoms with E-state index in [1.165, 1.54) is 7.11 Å². The van der Waals surface area contributed by atoms with Gasteiger partial charge in [-0.1, -0.05) is 25.3 Å². The van der Waals surface area contributed by atoms with Crippen LogP contribution in [-0.4, -0.2) is 19.6 Å². The Morgan fingerprint density at radius 3 is 2.71 bits per heavy atom. The molecule has 1 amide bonds. The summed E-state index contributed by atoms with van der Waals surface area (Å²) < 4.78 is 5.25. The number of nitrogens with zero attached hydrogens (tertiary/aromatic N) is 1. The van der Waals surface area contributed by atoms with Crippen LogP contribution >= 0.6 is 0 Å². The number of carbonyl (C=O) groups is 1. The molecule has 5 heteroatoms. The number of para-hydroxylation sites is 1. The van der Waals surface area contributed by atoms with Gasteiger partial charge in [0.2, 0.25) is 5.91 Å². The van der Waals surface area contributed by atoms with Gasteiger partial charge in [0.05, 0.1) is 18.1 Å². The summed E-state index contributed by atoms with van der Waals surface area (Å²) in [7, 11) is 1.52. The number of hydrogen-bond acceptors (Lipinski definition) is 4. The minimum absolute atomic E-state index is 0.106. The van der Waals surface area contributed by atoms with E-state index in [0.29, 0.717) is 23.5 Å². The second kappa shape index (κ2) is 6.59. The molecule has 1 saturated carbocycles. The Labute approximate surface area is 125 Å². The second-order valence-electron chi connectivity index (χ2n) is 5.49. The molecular formula is C16H21N3O2. The number of ether oxygens (including phenoxy) is 1. The second-order valence-corrected chi connectivity index (χ2v) is 5.49. The van der Waals surface area contributed by atoms with E-state index in [4.69, 9.17) is 10.5 Å². The number of hydrogen-bond donors (Lipinski definition) is 2. The lowest BCUT2D eigenvalue weighted by molar-refractivity contribution is -0.126. The fraction of sp³-hybridized carbons (Fsp3) is 0.500. The Morgan fingerprint density at radius 2 is 2.14 bits per heavy atom. The third kappa shape index (κ3) is 3.01. The van der Waals surface area contributed by atoms with E-state index in [9.17, 15) is 10.1 Å². The molecule has 112 valence electrons. The van der Waals surface area contributed by atoms with E-state index in [1.54, 1.807) is 18.2 Å². The summed E-state index contributed by atoms with van der Waals surface area (Å²) in [6, 6.07) is 7.20. The molecule has 1 aromatic carbocycles. The third-order valence-electron chi connectivity index (χ3n) is 4.29. The van der Waals surface area contributed by atoms with Gasteiger partial charge in [0.1, 0.15) is 17.5 Å². The number of nitriles is 1. The molecule has 0 aliphatic heterocycles. The van der Waals surface area contributed by atoms with Crippen LogP contribution in [0.3, 0.4) is 0 Å². The highest BCUT2D eigenvalue weighted by molar-refractivity contribution is 5.98. The van der Waals surface area contributed by atoms with Gasteiger partial charge in [-0.2, -0.15) is 5.26 Å². The van der Waals surface area contributed by atoms with Crippen molar-refractivity contribution in [3.63, 3.8) is 0 Å². The van der Waals surface area contributed by atoms with Crippen LogP contribution in [0.25, 0.3) is 0 Å². The van der Waals surface area contributed by atoms with Gasteiger partial charge < -0.3 is 15.8 Å². The van der Waals surface area contributed by atoms with Crippen molar-refractivity contribution in [3.8, 4) is 11.8 Å². The maximum atomic E-state index is 12.7. The van der Waals surface area contributed by atoms with Gasteiger partial charge in [-0.25, -0.2) is 0 Å². The highest BCUT2D eigenvalue weighted by Gasteiger charge is 2.38. The number of anilines is 1. The average Bonchev–Trinajstić information content (AvgIpc) is 2.55. The lowest BCUT2D eigenvalue weighted by atomic mass is 9.73. The molecule has 1 aromatic rings. The predicted molar refractivity (Wildman–Crippen MR) is 80.9 cm³/mol. The van der Waals surface area contributed by atoms with Gasteiger partial charge in [-0.05, 0) is 25.0 Å². The Morgan fingerprint density at radius 1 is 1.43 bits per heavy atom. The first-order valence-corrected chi connectivity index (χ1v) is 7.25. The molecule has 1 fully saturated rings. The zero-order valence-electron chi connectivity index (χ0n) is 12.3. The first kappa shape index (κ1) is 15.3. The van der Waals surface area contributed by atoms with Gasteiger partial charge >= 0.3 is 0 Å². The molecule has 0 heterocycles. The average molecular weight is 287 g/mol. The highest BCUT2D eigenvalue weighted by atomic mass is 16.5. The van der Waals surface area contributed by atoms with E-state index < -0.39 is 5.41 Å². The number of nitrogens with one attached hydrogen (secondary N) is 1. The summed E-state index contributed by atoms with van der Waals surface area (Å²) in [6.45, 7) is 0.329. The van der Waals surface area contributed by atoms with E-state index in [0.717, 1.165) is 32.1 Å². The minimum atomic E-state index is -0.522. The summed E-state index contributed by atoms with van der Waals surface area (Å²) in [6.07, 6.45) is 4.77. The fourth-order valence-corrected chi connectivity index (χ4v) is 2.92. The summed E-state index contributed by atoms with van der Waals surface area (Å²) in [4.78, 5) is 12.7. The van der Waals surface area contributed by atoms with Gasteiger partial charge in [0, 0.05) is 6.54 Å². The monoisotopic (exact) mass is 287 g/mol. The van der Waals surface area contributed by atoms with Crippen molar-refractivity contribution in [1.29, 1.82) is 5.26 Å². The third-order valence-corrected chi connectivity index (χ3v) is 4.29. The van der Waals surface area contributed by atoms with Crippen LogP contribution < -0.4 is 15.8 Å². The van der Waals surface area contributed by atoms with Gasteiger partial charge in [0.25, 0.3) is 0 Å². The van der Waals surface area contributed by atoms with Crippen molar-refractivity contribution in [2.45, 2.75) is 32.1 Å². The molecule has 0 aromatic heterocycles. The minimum Gasteiger partial charge on any atom is -0.495 e. The molecule has 1 aliphatic carbocycles. The van der Waals surface area contributed by atoms with Gasteiger partial charge in [-0.15, -0.1) is 0 Å². The standard InChI is InChI=1S/C16H21N3O2/c1-21-13-7-5-6-12(10-17)14(13)19-15(20)16(11-18)8-3-2-4-9-16/h5-7H,2-4,8-9,11,18H2,1H3,(H,19,20). The molecular weight excluding hydrogens is 266 g/mol. The molecule has 2 rings (SSSR count). The van der Waals surface area contributed by atoms with Crippen LogP contribution in [-0.2, 0) is 4.79 Å². The van der Waals surface area contributed by atoms with E-state index >= 15 is 0 Å². The summed E-state index contributed by atoms with van der Waals surface area (Å²) in [5.74, 6) is 0.385. The van der Waals surface area contributed by atoms with Crippen LogP contribution in [0.2, 0.25) is 0 Å². The first-order valence-electron chi connectivity index (χ1n) is 7.25. The summed E-state index contributed by atoms with van der Waals surface area (Å²) in [5, 5.41) is 12.1. The molecule has 0 atom stereocenters. The SMILES string of the molecule is COc1cccc(C#N)c1NC(=O)C1(CN)CCCCC1. The molecule has 0 bridgehead atoms. The van der Waals surface area contributed by atoms with E-state index in [2.05, 4.69) is 11.4 Å². The summed E-state index contributed by atoms with van der Waals surface area (Å²) >= 11 is 0. The molecule has 0 saturated heterocycles. The predicted octanol–water partition coefficient (Wildman–Crippen LogP) is 2.41. The van der Waals surface area contributed by atoms with Crippen molar-refractivity contribution in [3.05, 3.63) is 23.8 Å². The van der Waals surface area contributed by atoms with Crippen molar-refractivity contribution in [2.75, 3.05) is 19.0 Å². The number of benzene rings is 1. The van der Waals surface area contributed by atoms with Crippen LogP contribution in [0.15, 0.2) is 18.2 Å². The molecule has 1 aliphatic rings. The van der Waals surface area contributed by atoms with Crippen LogP contribution in [0.5, 0.6) is 5.75 Å². The largest absolute Gasteiger partial charge is 0.495 e. The number of methoxy groups -OCH3 is 1. The van der Waals surface area contributed by atoms with E-state index in [-0.39, 0.29) is 5.91 Å². The lowest BCUT2D eigenvalue weighted by Crippen LogP contribution is -2.44. The van der Waals surface area contributed by atoms with Crippen LogP contribution in [0, 0.1) is 16.7 Å². The molecule has 0 spiro atoms. The molecule has 5 nitrogen and oxygen atoms in total. The number of carbonyl (C=O) groups excluding carboxylic acids is 1. The van der Waals surface area contributed by atoms with Crippen LogP contribution in [0.4, 0.5) is 5.69 Å². The van der Waals surface area contributed by atoms with Crippen molar-refractivity contribution in [2.24, 2.45) is 11.1 Å². The fourth-order valence-electron chi connectivity index (χ4n) is 2.92. The van der Waals surface area contributed by atoms with Crippen molar-refractivity contribution in [1.82, 2.24) is 0 Å². The van der Waals surface area contributed by atoms with Crippen molar-refractivity contribution >= 4 is 11.6 Å². The quantitative estimate of drug-likeness (QED) is 0.890. The molecule has 0 radical (unpaired) electrons. The topological polar surface area (TPSA) is 88.1 Å². The zero-order valence-corrected chi connectivity index (χ0v) is 12.3. The van der Waals surface area contributed by atoms with Gasteiger partial charge in [-0.3, -0.25) is 4.79 Å².